The van der Waals surface area contributed by atoms with E-state index in [1.165, 1.54) is 24.1 Å². The number of hydrogen-bond donors (Lipinski definition) is 1. The number of methoxy groups -OCH3 is 1. The number of hydrogen-bond acceptors (Lipinski definition) is 3. The highest BCUT2D eigenvalue weighted by atomic mass is 16.5. The maximum Gasteiger partial charge on any atom is 0.0867 e. The molecule has 3 nitrogen and oxygen atoms in total. The van der Waals surface area contributed by atoms with Gasteiger partial charge in [-0.1, -0.05) is 18.2 Å². The number of aryl methyl sites for hydroxylation is 1. The van der Waals surface area contributed by atoms with Crippen LogP contribution in [0.5, 0.6) is 0 Å². The topological polar surface area (TPSA) is 38.5 Å². The first-order valence-electron chi connectivity index (χ1n) is 5.91. The van der Waals surface area contributed by atoms with Crippen LogP contribution < -0.4 is 10.6 Å². The Kier molecular flexibility index (Phi) is 3.80. The number of anilines is 1. The van der Waals surface area contributed by atoms with Crippen molar-refractivity contribution in [1.29, 1.82) is 0 Å². The number of rotatable bonds is 4. The molecular formula is C13H20N2O. The van der Waals surface area contributed by atoms with Gasteiger partial charge in [0, 0.05) is 32.4 Å². The largest absolute Gasteiger partial charge is 0.378 e. The van der Waals surface area contributed by atoms with Gasteiger partial charge in [-0.15, -0.1) is 0 Å². The minimum absolute atomic E-state index is 0.131. The van der Waals surface area contributed by atoms with Gasteiger partial charge in [0.25, 0.3) is 0 Å². The molecule has 0 amide bonds. The number of ether oxygens (including phenoxy) is 1. The van der Waals surface area contributed by atoms with Crippen molar-refractivity contribution >= 4 is 5.69 Å². The fraction of sp³-hybridized carbons (Fsp3) is 0.538. The van der Waals surface area contributed by atoms with Crippen LogP contribution in [0, 0.1) is 0 Å². The zero-order valence-corrected chi connectivity index (χ0v) is 9.86. The fourth-order valence-electron chi connectivity index (χ4n) is 2.29. The number of fused-ring (bicyclic) bond motifs is 1. The van der Waals surface area contributed by atoms with Crippen molar-refractivity contribution in [3.05, 3.63) is 29.8 Å². The van der Waals surface area contributed by atoms with E-state index in [0.717, 1.165) is 13.1 Å². The van der Waals surface area contributed by atoms with Crippen LogP contribution in [0.2, 0.25) is 0 Å². The average molecular weight is 220 g/mol. The van der Waals surface area contributed by atoms with Crippen LogP contribution in [-0.2, 0) is 11.2 Å². The number of benzene rings is 1. The second kappa shape index (κ2) is 5.32. The molecule has 0 fully saturated rings. The molecule has 0 aliphatic carbocycles. The molecule has 1 unspecified atom stereocenters. The van der Waals surface area contributed by atoms with Crippen LogP contribution in [0.3, 0.4) is 0 Å². The van der Waals surface area contributed by atoms with E-state index in [2.05, 4.69) is 29.2 Å². The standard InChI is InChI=1S/C13H20N2O/c1-16-12(9-14)10-15-8-4-6-11-5-2-3-7-13(11)15/h2-3,5,7,12H,4,6,8-10,14H2,1H3. The molecule has 1 atom stereocenters. The SMILES string of the molecule is COC(CN)CN1CCCc2ccccc21. The number of nitrogens with zero attached hydrogens (tertiary/aromatic N) is 1. The lowest BCUT2D eigenvalue weighted by molar-refractivity contribution is 0.114. The van der Waals surface area contributed by atoms with Crippen LogP contribution in [0.15, 0.2) is 24.3 Å². The normalized spacial score (nSPS) is 17.0. The average Bonchev–Trinajstić information content (AvgIpc) is 2.36. The van der Waals surface area contributed by atoms with Crippen molar-refractivity contribution in [2.24, 2.45) is 5.73 Å². The summed E-state index contributed by atoms with van der Waals surface area (Å²) < 4.78 is 5.35. The molecule has 2 rings (SSSR count). The fourth-order valence-corrected chi connectivity index (χ4v) is 2.29. The van der Waals surface area contributed by atoms with Gasteiger partial charge in [-0.05, 0) is 24.5 Å². The summed E-state index contributed by atoms with van der Waals surface area (Å²) in [7, 11) is 1.73. The maximum absolute atomic E-state index is 5.67. The molecule has 0 radical (unpaired) electrons. The zero-order chi connectivity index (χ0) is 11.4. The second-order valence-corrected chi connectivity index (χ2v) is 4.27. The molecule has 2 N–H and O–H groups in total. The summed E-state index contributed by atoms with van der Waals surface area (Å²) in [5.74, 6) is 0. The van der Waals surface area contributed by atoms with Gasteiger partial charge < -0.3 is 15.4 Å². The molecule has 0 saturated heterocycles. The minimum atomic E-state index is 0.131. The molecule has 0 bridgehead atoms. The molecular weight excluding hydrogens is 200 g/mol. The van der Waals surface area contributed by atoms with Gasteiger partial charge in [-0.3, -0.25) is 0 Å². The molecule has 1 aliphatic heterocycles. The smallest absolute Gasteiger partial charge is 0.0867 e. The Bertz CT molecular complexity index is 336. The van der Waals surface area contributed by atoms with Gasteiger partial charge in [-0.2, -0.15) is 0 Å². The monoisotopic (exact) mass is 220 g/mol. The van der Waals surface area contributed by atoms with Crippen molar-refractivity contribution in [3.8, 4) is 0 Å². The molecule has 1 aromatic carbocycles. The highest BCUT2D eigenvalue weighted by molar-refractivity contribution is 5.55. The maximum atomic E-state index is 5.67. The van der Waals surface area contributed by atoms with Crippen molar-refractivity contribution in [2.45, 2.75) is 18.9 Å². The second-order valence-electron chi connectivity index (χ2n) is 4.27. The van der Waals surface area contributed by atoms with Gasteiger partial charge in [0.05, 0.1) is 6.10 Å². The molecule has 16 heavy (non-hydrogen) atoms. The van der Waals surface area contributed by atoms with Crippen LogP contribution in [0.4, 0.5) is 5.69 Å². The third kappa shape index (κ3) is 2.36. The summed E-state index contributed by atoms with van der Waals surface area (Å²) in [6.07, 6.45) is 2.54. The number of nitrogens with two attached hydrogens (primary N) is 1. The van der Waals surface area contributed by atoms with E-state index < -0.39 is 0 Å². The Balaban J connectivity index is 2.12. The molecule has 0 aromatic heterocycles. The lowest BCUT2D eigenvalue weighted by Gasteiger charge is -2.33. The summed E-state index contributed by atoms with van der Waals surface area (Å²) >= 11 is 0. The van der Waals surface area contributed by atoms with Gasteiger partial charge >= 0.3 is 0 Å². The highest BCUT2D eigenvalue weighted by Crippen LogP contribution is 2.26. The Hall–Kier alpha value is -1.06. The highest BCUT2D eigenvalue weighted by Gasteiger charge is 2.18. The summed E-state index contributed by atoms with van der Waals surface area (Å²) in [5, 5.41) is 0. The first-order valence-corrected chi connectivity index (χ1v) is 5.91. The summed E-state index contributed by atoms with van der Waals surface area (Å²) in [6, 6.07) is 8.62. The van der Waals surface area contributed by atoms with Gasteiger partial charge in [-0.25, -0.2) is 0 Å². The first-order chi connectivity index (χ1) is 7.85. The Morgan fingerprint density at radius 1 is 1.44 bits per heavy atom. The van der Waals surface area contributed by atoms with Crippen LogP contribution >= 0.6 is 0 Å². The Labute approximate surface area is 97.2 Å². The Morgan fingerprint density at radius 2 is 2.25 bits per heavy atom. The van der Waals surface area contributed by atoms with Crippen molar-refractivity contribution < 1.29 is 4.74 Å². The van der Waals surface area contributed by atoms with Gasteiger partial charge in [0.15, 0.2) is 0 Å². The molecule has 1 aliphatic rings. The molecule has 1 aromatic rings. The zero-order valence-electron chi connectivity index (χ0n) is 9.86. The minimum Gasteiger partial charge on any atom is -0.378 e. The van der Waals surface area contributed by atoms with E-state index in [-0.39, 0.29) is 6.10 Å². The third-order valence-electron chi connectivity index (χ3n) is 3.23. The molecule has 0 spiro atoms. The van der Waals surface area contributed by atoms with Gasteiger partial charge in [0.1, 0.15) is 0 Å². The van der Waals surface area contributed by atoms with Crippen molar-refractivity contribution in [2.75, 3.05) is 31.6 Å². The predicted molar refractivity (Wildman–Crippen MR) is 66.8 cm³/mol. The summed E-state index contributed by atoms with van der Waals surface area (Å²) in [5.41, 5.74) is 8.46. The molecule has 1 heterocycles. The lowest BCUT2D eigenvalue weighted by atomic mass is 10.0. The van der Waals surface area contributed by atoms with E-state index >= 15 is 0 Å². The van der Waals surface area contributed by atoms with E-state index in [0.29, 0.717) is 6.54 Å². The van der Waals surface area contributed by atoms with Crippen LogP contribution in [0.25, 0.3) is 0 Å². The van der Waals surface area contributed by atoms with Crippen molar-refractivity contribution in [1.82, 2.24) is 0 Å². The van der Waals surface area contributed by atoms with Crippen LogP contribution in [0.1, 0.15) is 12.0 Å². The predicted octanol–water partition coefficient (Wildman–Crippen LogP) is 1.41. The molecule has 0 saturated carbocycles. The quantitative estimate of drug-likeness (QED) is 0.834. The van der Waals surface area contributed by atoms with Crippen molar-refractivity contribution in [3.63, 3.8) is 0 Å². The van der Waals surface area contributed by atoms with E-state index in [1.807, 2.05) is 0 Å². The summed E-state index contributed by atoms with van der Waals surface area (Å²) in [4.78, 5) is 2.39. The molecule has 3 heteroatoms. The number of para-hydroxylation sites is 1. The van der Waals surface area contributed by atoms with Crippen LogP contribution in [-0.4, -0.2) is 32.8 Å². The Morgan fingerprint density at radius 3 is 3.00 bits per heavy atom. The molecule has 88 valence electrons. The van der Waals surface area contributed by atoms with Gasteiger partial charge in [0.2, 0.25) is 0 Å². The van der Waals surface area contributed by atoms with E-state index in [4.69, 9.17) is 10.5 Å². The third-order valence-corrected chi connectivity index (χ3v) is 3.23. The van der Waals surface area contributed by atoms with E-state index in [9.17, 15) is 0 Å². The van der Waals surface area contributed by atoms with E-state index in [1.54, 1.807) is 7.11 Å². The summed E-state index contributed by atoms with van der Waals surface area (Å²) in [6.45, 7) is 2.58. The lowest BCUT2D eigenvalue weighted by Crippen LogP contribution is -2.40. The first kappa shape index (κ1) is 11.4.